The Morgan fingerprint density at radius 3 is 2.55 bits per heavy atom. The number of para-hydroxylation sites is 1. The Kier molecular flexibility index (Phi) is 7.12. The average Bonchev–Trinajstić information content (AvgIpc) is 2.36. The van der Waals surface area contributed by atoms with Gasteiger partial charge >= 0.3 is 0 Å². The second-order valence-corrected chi connectivity index (χ2v) is 7.23. The molecule has 124 valence electrons. The van der Waals surface area contributed by atoms with Crippen molar-refractivity contribution < 1.29 is 13.2 Å². The number of sulfonamides is 1. The number of carbonyl (C=O) groups is 1. The Balaban J connectivity index is 0.00000242. The van der Waals surface area contributed by atoms with Gasteiger partial charge in [-0.05, 0) is 30.9 Å². The molecule has 0 bridgehead atoms. The van der Waals surface area contributed by atoms with E-state index >= 15 is 0 Å². The van der Waals surface area contributed by atoms with Gasteiger partial charge in [0.2, 0.25) is 10.0 Å². The maximum Gasteiger partial charge on any atom is 0.253 e. The third-order valence-electron chi connectivity index (χ3n) is 3.68. The van der Waals surface area contributed by atoms with Crippen LogP contribution in [0.25, 0.3) is 0 Å². The third-order valence-corrected chi connectivity index (χ3v) is 5.03. The summed E-state index contributed by atoms with van der Waals surface area (Å²) in [6.07, 6.45) is 3.36. The van der Waals surface area contributed by atoms with E-state index < -0.39 is 10.0 Å². The second kappa shape index (κ2) is 8.36. The van der Waals surface area contributed by atoms with Crippen LogP contribution in [0, 0.1) is 5.92 Å². The van der Waals surface area contributed by atoms with Crippen molar-refractivity contribution in [3.05, 3.63) is 29.8 Å². The molecule has 1 aliphatic carbocycles. The fourth-order valence-corrected chi connectivity index (χ4v) is 3.12. The molecule has 0 spiro atoms. The Hall–Kier alpha value is -1.31. The van der Waals surface area contributed by atoms with Crippen LogP contribution >= 0.6 is 12.4 Å². The SMILES string of the molecule is Cl.Nc1ccccc1C(=O)NCCS(=O)(=O)NCC1CCC1. The monoisotopic (exact) mass is 347 g/mol. The van der Waals surface area contributed by atoms with Crippen molar-refractivity contribution in [3.8, 4) is 0 Å². The molecule has 2 rings (SSSR count). The number of nitrogen functional groups attached to an aromatic ring is 1. The predicted molar refractivity (Wildman–Crippen MR) is 89.6 cm³/mol. The summed E-state index contributed by atoms with van der Waals surface area (Å²) in [5.74, 6) is -0.0150. The van der Waals surface area contributed by atoms with Gasteiger partial charge in [0.1, 0.15) is 0 Å². The highest BCUT2D eigenvalue weighted by Crippen LogP contribution is 2.25. The zero-order chi connectivity index (χ0) is 15.3. The van der Waals surface area contributed by atoms with Crippen molar-refractivity contribution in [2.75, 3.05) is 24.6 Å². The third kappa shape index (κ3) is 5.47. The maximum atomic E-state index is 11.9. The van der Waals surface area contributed by atoms with Crippen molar-refractivity contribution in [2.45, 2.75) is 19.3 Å². The molecular weight excluding hydrogens is 326 g/mol. The quantitative estimate of drug-likeness (QED) is 0.644. The largest absolute Gasteiger partial charge is 0.398 e. The fourth-order valence-electron chi connectivity index (χ4n) is 2.11. The minimum absolute atomic E-state index is 0. The lowest BCUT2D eigenvalue weighted by atomic mass is 9.86. The molecule has 1 aromatic rings. The summed E-state index contributed by atoms with van der Waals surface area (Å²) in [4.78, 5) is 11.9. The van der Waals surface area contributed by atoms with E-state index in [1.54, 1.807) is 24.3 Å². The average molecular weight is 348 g/mol. The van der Waals surface area contributed by atoms with E-state index in [2.05, 4.69) is 10.0 Å². The molecule has 1 aromatic carbocycles. The first-order valence-corrected chi connectivity index (χ1v) is 8.73. The van der Waals surface area contributed by atoms with Crippen LogP contribution in [0.3, 0.4) is 0 Å². The van der Waals surface area contributed by atoms with Crippen LogP contribution in [-0.4, -0.2) is 33.2 Å². The minimum atomic E-state index is -3.34. The Labute approximate surface area is 137 Å². The van der Waals surface area contributed by atoms with E-state index in [4.69, 9.17) is 5.73 Å². The molecular formula is C14H22ClN3O3S. The number of nitrogens with one attached hydrogen (secondary N) is 2. The van der Waals surface area contributed by atoms with E-state index in [0.717, 1.165) is 12.8 Å². The van der Waals surface area contributed by atoms with Crippen LogP contribution in [0.15, 0.2) is 24.3 Å². The van der Waals surface area contributed by atoms with Crippen molar-refractivity contribution in [3.63, 3.8) is 0 Å². The molecule has 6 nitrogen and oxygen atoms in total. The van der Waals surface area contributed by atoms with E-state index in [0.29, 0.717) is 23.7 Å². The van der Waals surface area contributed by atoms with E-state index in [-0.39, 0.29) is 30.6 Å². The number of hydrogen-bond acceptors (Lipinski definition) is 4. The lowest BCUT2D eigenvalue weighted by Gasteiger charge is -2.25. The number of hydrogen-bond donors (Lipinski definition) is 3. The summed E-state index contributed by atoms with van der Waals surface area (Å²) >= 11 is 0. The lowest BCUT2D eigenvalue weighted by Crippen LogP contribution is -2.37. The molecule has 0 aromatic heterocycles. The van der Waals surface area contributed by atoms with Gasteiger partial charge < -0.3 is 11.1 Å². The number of halogens is 1. The van der Waals surface area contributed by atoms with Crippen molar-refractivity contribution in [2.24, 2.45) is 5.92 Å². The van der Waals surface area contributed by atoms with E-state index in [1.165, 1.54) is 6.42 Å². The minimum Gasteiger partial charge on any atom is -0.398 e. The number of carbonyl (C=O) groups excluding carboxylic acids is 1. The number of rotatable bonds is 7. The summed E-state index contributed by atoms with van der Waals surface area (Å²) in [5.41, 5.74) is 6.42. The predicted octanol–water partition coefficient (Wildman–Crippen LogP) is 1.14. The number of anilines is 1. The Morgan fingerprint density at radius 1 is 1.27 bits per heavy atom. The summed E-state index contributed by atoms with van der Waals surface area (Å²) in [7, 11) is -3.34. The van der Waals surface area contributed by atoms with Crippen LogP contribution in [0.4, 0.5) is 5.69 Å². The van der Waals surface area contributed by atoms with Gasteiger partial charge in [0.15, 0.2) is 0 Å². The Bertz CT molecular complexity index is 603. The normalized spacial score (nSPS) is 14.7. The molecule has 8 heteroatoms. The summed E-state index contributed by atoms with van der Waals surface area (Å²) in [6.45, 7) is 0.565. The van der Waals surface area contributed by atoms with Gasteiger partial charge in [-0.15, -0.1) is 12.4 Å². The standard InChI is InChI=1S/C14H21N3O3S.ClH/c15-13-7-2-1-6-12(13)14(18)16-8-9-21(19,20)17-10-11-4-3-5-11;/h1-2,6-7,11,17H,3-5,8-10,15H2,(H,16,18);1H. The van der Waals surface area contributed by atoms with Crippen LogP contribution < -0.4 is 15.8 Å². The van der Waals surface area contributed by atoms with E-state index in [1.807, 2.05) is 0 Å². The zero-order valence-corrected chi connectivity index (χ0v) is 13.9. The molecule has 1 aliphatic rings. The highest BCUT2D eigenvalue weighted by atomic mass is 35.5. The molecule has 4 N–H and O–H groups in total. The smallest absolute Gasteiger partial charge is 0.253 e. The summed E-state index contributed by atoms with van der Waals surface area (Å²) in [6, 6.07) is 6.68. The number of nitrogens with two attached hydrogens (primary N) is 1. The molecule has 0 unspecified atom stereocenters. The summed E-state index contributed by atoms with van der Waals surface area (Å²) < 4.78 is 26.1. The molecule has 22 heavy (non-hydrogen) atoms. The van der Waals surface area contributed by atoms with Crippen molar-refractivity contribution in [1.82, 2.24) is 10.0 Å². The van der Waals surface area contributed by atoms with Gasteiger partial charge in [-0.3, -0.25) is 4.79 Å². The molecule has 1 saturated carbocycles. The van der Waals surface area contributed by atoms with Crippen LogP contribution in [0.1, 0.15) is 29.6 Å². The highest BCUT2D eigenvalue weighted by molar-refractivity contribution is 7.89. The molecule has 0 heterocycles. The molecule has 0 aliphatic heterocycles. The first-order valence-electron chi connectivity index (χ1n) is 7.08. The van der Waals surface area contributed by atoms with Gasteiger partial charge in [0.05, 0.1) is 11.3 Å². The van der Waals surface area contributed by atoms with Crippen LogP contribution in [-0.2, 0) is 10.0 Å². The van der Waals surface area contributed by atoms with Crippen LogP contribution in [0.5, 0.6) is 0 Å². The highest BCUT2D eigenvalue weighted by Gasteiger charge is 2.20. The van der Waals surface area contributed by atoms with Crippen molar-refractivity contribution in [1.29, 1.82) is 0 Å². The van der Waals surface area contributed by atoms with Gasteiger partial charge in [-0.25, -0.2) is 13.1 Å². The van der Waals surface area contributed by atoms with Gasteiger partial charge in [0, 0.05) is 18.8 Å². The second-order valence-electron chi connectivity index (χ2n) is 5.31. The van der Waals surface area contributed by atoms with Gasteiger partial charge in [-0.2, -0.15) is 0 Å². The number of benzene rings is 1. The Morgan fingerprint density at radius 2 is 1.95 bits per heavy atom. The lowest BCUT2D eigenvalue weighted by molar-refractivity contribution is 0.0957. The van der Waals surface area contributed by atoms with Gasteiger partial charge in [-0.1, -0.05) is 18.6 Å². The van der Waals surface area contributed by atoms with E-state index in [9.17, 15) is 13.2 Å². The molecule has 1 amide bonds. The fraction of sp³-hybridized carbons (Fsp3) is 0.500. The molecule has 1 fully saturated rings. The summed E-state index contributed by atoms with van der Waals surface area (Å²) in [5, 5.41) is 2.57. The van der Waals surface area contributed by atoms with Crippen molar-refractivity contribution >= 4 is 34.0 Å². The molecule has 0 saturated heterocycles. The van der Waals surface area contributed by atoms with Gasteiger partial charge in [0.25, 0.3) is 5.91 Å². The molecule has 0 atom stereocenters. The topological polar surface area (TPSA) is 101 Å². The molecule has 0 radical (unpaired) electrons. The number of amides is 1. The first-order chi connectivity index (χ1) is 9.98. The zero-order valence-electron chi connectivity index (χ0n) is 12.2. The van der Waals surface area contributed by atoms with Crippen LogP contribution in [0.2, 0.25) is 0 Å². The maximum absolute atomic E-state index is 11.9. The first kappa shape index (κ1) is 18.7.